The van der Waals surface area contributed by atoms with Crippen molar-refractivity contribution in [2.45, 2.75) is 25.8 Å². The minimum Gasteiger partial charge on any atom is -0.481 e. The van der Waals surface area contributed by atoms with E-state index >= 15 is 0 Å². The maximum absolute atomic E-state index is 12.6. The van der Waals surface area contributed by atoms with Crippen molar-refractivity contribution >= 4 is 23.2 Å². The fourth-order valence-electron chi connectivity index (χ4n) is 2.65. The van der Waals surface area contributed by atoms with Gasteiger partial charge in [-0.15, -0.1) is 11.3 Å². The van der Waals surface area contributed by atoms with E-state index in [1.807, 2.05) is 24.4 Å². The van der Waals surface area contributed by atoms with Crippen LogP contribution >= 0.6 is 11.3 Å². The molecule has 7 heteroatoms. The fraction of sp³-hybridized carbons (Fsp3) is 0.400. The first-order valence-electron chi connectivity index (χ1n) is 7.10. The summed E-state index contributed by atoms with van der Waals surface area (Å²) >= 11 is 1.51. The van der Waals surface area contributed by atoms with Crippen LogP contribution in [0.3, 0.4) is 0 Å². The molecule has 1 amide bonds. The lowest BCUT2D eigenvalue weighted by atomic mass is 9.93. The molecule has 6 nitrogen and oxygen atoms in total. The van der Waals surface area contributed by atoms with Gasteiger partial charge in [0.1, 0.15) is 0 Å². The molecule has 3 heterocycles. The van der Waals surface area contributed by atoms with E-state index in [-0.39, 0.29) is 24.2 Å². The second kappa shape index (κ2) is 5.92. The third-order valence-corrected chi connectivity index (χ3v) is 4.87. The minimum absolute atomic E-state index is 0.00462. The summed E-state index contributed by atoms with van der Waals surface area (Å²) in [5, 5.41) is 14.9. The summed E-state index contributed by atoms with van der Waals surface area (Å²) in [6, 6.07) is 5.41. The van der Waals surface area contributed by atoms with Crippen molar-refractivity contribution < 1.29 is 19.2 Å². The Bertz CT molecular complexity index is 680. The zero-order chi connectivity index (χ0) is 15.7. The zero-order valence-corrected chi connectivity index (χ0v) is 12.9. The number of amides is 1. The van der Waals surface area contributed by atoms with Crippen LogP contribution in [0.2, 0.25) is 0 Å². The third kappa shape index (κ3) is 2.76. The van der Waals surface area contributed by atoms with Crippen LogP contribution in [0.15, 0.2) is 28.1 Å². The molecule has 0 spiro atoms. The minimum atomic E-state index is -0.857. The van der Waals surface area contributed by atoms with E-state index in [2.05, 4.69) is 5.16 Å². The number of piperidine rings is 1. The number of hydrogen-bond acceptors (Lipinski definition) is 5. The summed E-state index contributed by atoms with van der Waals surface area (Å²) in [4.78, 5) is 26.2. The molecule has 1 aliphatic heterocycles. The summed E-state index contributed by atoms with van der Waals surface area (Å²) in [5.74, 6) is -1.09. The number of aliphatic carboxylic acids is 1. The Kier molecular flexibility index (Phi) is 3.98. The Morgan fingerprint density at radius 1 is 1.45 bits per heavy atom. The summed E-state index contributed by atoms with van der Waals surface area (Å²) in [6.45, 7) is 2.15. The van der Waals surface area contributed by atoms with Gasteiger partial charge in [0, 0.05) is 18.7 Å². The maximum Gasteiger partial charge on any atom is 0.308 e. The maximum atomic E-state index is 12.6. The predicted molar refractivity (Wildman–Crippen MR) is 80.7 cm³/mol. The highest BCUT2D eigenvalue weighted by molar-refractivity contribution is 7.13. The van der Waals surface area contributed by atoms with E-state index in [9.17, 15) is 9.59 Å². The van der Waals surface area contributed by atoms with Gasteiger partial charge in [0.05, 0.1) is 10.8 Å². The van der Waals surface area contributed by atoms with Crippen LogP contribution in [0, 0.1) is 5.92 Å². The van der Waals surface area contributed by atoms with Gasteiger partial charge in [0.2, 0.25) is 0 Å². The third-order valence-electron chi connectivity index (χ3n) is 3.99. The van der Waals surface area contributed by atoms with Gasteiger partial charge in [-0.05, 0) is 31.2 Å². The highest BCUT2D eigenvalue weighted by atomic mass is 32.1. The van der Waals surface area contributed by atoms with Gasteiger partial charge in [0.25, 0.3) is 5.91 Å². The lowest BCUT2D eigenvalue weighted by Gasteiger charge is -2.35. The van der Waals surface area contributed by atoms with Gasteiger partial charge in [0.15, 0.2) is 11.5 Å². The first-order chi connectivity index (χ1) is 10.6. The molecule has 1 fully saturated rings. The Morgan fingerprint density at radius 2 is 2.27 bits per heavy atom. The van der Waals surface area contributed by atoms with Crippen molar-refractivity contribution in [3.05, 3.63) is 29.3 Å². The number of carboxylic acid groups (broad SMARTS) is 1. The number of thiophene rings is 1. The van der Waals surface area contributed by atoms with E-state index in [0.717, 1.165) is 4.88 Å². The molecular formula is C15H16N2O4S. The topological polar surface area (TPSA) is 83.6 Å². The molecule has 1 N–H and O–H groups in total. The highest BCUT2D eigenvalue weighted by Crippen LogP contribution is 2.27. The Balaban J connectivity index is 1.79. The van der Waals surface area contributed by atoms with Crippen molar-refractivity contribution in [2.24, 2.45) is 5.92 Å². The molecule has 2 aromatic heterocycles. The van der Waals surface area contributed by atoms with Crippen LogP contribution in [0.4, 0.5) is 0 Å². The van der Waals surface area contributed by atoms with Gasteiger partial charge in [-0.1, -0.05) is 11.2 Å². The summed E-state index contributed by atoms with van der Waals surface area (Å²) in [5.41, 5.74) is 0.223. The molecule has 0 bridgehead atoms. The fourth-order valence-corrected chi connectivity index (χ4v) is 3.32. The molecule has 1 saturated heterocycles. The molecule has 0 saturated carbocycles. The van der Waals surface area contributed by atoms with Crippen LogP contribution in [0.25, 0.3) is 10.6 Å². The van der Waals surface area contributed by atoms with E-state index < -0.39 is 11.9 Å². The van der Waals surface area contributed by atoms with Gasteiger partial charge in [-0.3, -0.25) is 9.59 Å². The Morgan fingerprint density at radius 3 is 2.95 bits per heavy atom. The average molecular weight is 320 g/mol. The summed E-state index contributed by atoms with van der Waals surface area (Å²) in [6.07, 6.45) is 1.28. The first kappa shape index (κ1) is 14.8. The number of rotatable bonds is 3. The van der Waals surface area contributed by atoms with E-state index in [0.29, 0.717) is 18.6 Å². The van der Waals surface area contributed by atoms with Gasteiger partial charge < -0.3 is 14.5 Å². The van der Waals surface area contributed by atoms with Crippen LogP contribution < -0.4 is 0 Å². The quantitative estimate of drug-likeness (QED) is 0.940. The first-order valence-corrected chi connectivity index (χ1v) is 7.98. The Labute approximate surface area is 131 Å². The van der Waals surface area contributed by atoms with E-state index in [1.165, 1.54) is 11.3 Å². The highest BCUT2D eigenvalue weighted by Gasteiger charge is 2.34. The van der Waals surface area contributed by atoms with Crippen molar-refractivity contribution in [1.82, 2.24) is 10.1 Å². The molecule has 3 rings (SSSR count). The van der Waals surface area contributed by atoms with Crippen molar-refractivity contribution in [2.75, 3.05) is 6.54 Å². The van der Waals surface area contributed by atoms with Gasteiger partial charge in [-0.2, -0.15) is 0 Å². The number of aromatic nitrogens is 1. The van der Waals surface area contributed by atoms with Gasteiger partial charge >= 0.3 is 5.97 Å². The molecule has 116 valence electrons. The lowest BCUT2D eigenvalue weighted by molar-refractivity contribution is -0.143. The standard InChI is InChI=1S/C15H16N2O4S/c1-9-4-5-10(15(19)20)8-17(9)14(18)11-7-12(21-16-11)13-3-2-6-22-13/h2-3,6-7,9-10H,4-5,8H2,1H3,(H,19,20). The molecule has 1 aliphatic rings. The molecule has 0 aliphatic carbocycles. The summed E-state index contributed by atoms with van der Waals surface area (Å²) < 4.78 is 5.23. The van der Waals surface area contributed by atoms with Crippen LogP contribution in [0.1, 0.15) is 30.3 Å². The number of nitrogens with zero attached hydrogens (tertiary/aromatic N) is 2. The Hall–Kier alpha value is -2.15. The molecule has 2 unspecified atom stereocenters. The SMILES string of the molecule is CC1CCC(C(=O)O)CN1C(=O)c1cc(-c2cccs2)on1. The lowest BCUT2D eigenvalue weighted by Crippen LogP contribution is -2.47. The van der Waals surface area contributed by atoms with Crippen molar-refractivity contribution in [3.8, 4) is 10.6 Å². The number of likely N-dealkylation sites (tertiary alicyclic amines) is 1. The number of carboxylic acids is 1. The summed E-state index contributed by atoms with van der Waals surface area (Å²) in [7, 11) is 0. The zero-order valence-electron chi connectivity index (χ0n) is 12.1. The van der Waals surface area contributed by atoms with Crippen LogP contribution in [0.5, 0.6) is 0 Å². The monoisotopic (exact) mass is 320 g/mol. The van der Waals surface area contributed by atoms with Crippen LogP contribution in [-0.2, 0) is 4.79 Å². The normalized spacial score (nSPS) is 21.8. The molecule has 2 atom stereocenters. The predicted octanol–water partition coefficient (Wildman–Crippen LogP) is 2.73. The smallest absolute Gasteiger partial charge is 0.308 e. The van der Waals surface area contributed by atoms with E-state index in [1.54, 1.807) is 11.0 Å². The number of hydrogen-bond donors (Lipinski definition) is 1. The number of carbonyl (C=O) groups excluding carboxylic acids is 1. The van der Waals surface area contributed by atoms with Crippen molar-refractivity contribution in [3.63, 3.8) is 0 Å². The van der Waals surface area contributed by atoms with Gasteiger partial charge in [-0.25, -0.2) is 0 Å². The molecule has 2 aromatic rings. The molecule has 22 heavy (non-hydrogen) atoms. The molecular weight excluding hydrogens is 304 g/mol. The van der Waals surface area contributed by atoms with Crippen LogP contribution in [-0.4, -0.2) is 39.6 Å². The molecule has 0 radical (unpaired) electrons. The number of carbonyl (C=O) groups is 2. The van der Waals surface area contributed by atoms with E-state index in [4.69, 9.17) is 9.63 Å². The average Bonchev–Trinajstić information content (AvgIpc) is 3.17. The second-order valence-corrected chi connectivity index (χ2v) is 6.42. The molecule has 0 aromatic carbocycles. The van der Waals surface area contributed by atoms with Crippen molar-refractivity contribution in [1.29, 1.82) is 0 Å². The largest absolute Gasteiger partial charge is 0.481 e. The second-order valence-electron chi connectivity index (χ2n) is 5.47.